The molecule has 5 rings (SSSR count). The van der Waals surface area contributed by atoms with E-state index in [0.29, 0.717) is 13.2 Å². The van der Waals surface area contributed by atoms with Gasteiger partial charge in [-0.05, 0) is 75.9 Å². The molecule has 0 saturated carbocycles. The fraction of sp³-hybridized carbons (Fsp3) is 0.367. The molecule has 0 unspecified atom stereocenters. The lowest BCUT2D eigenvalue weighted by Gasteiger charge is -2.13. The molecule has 0 aliphatic rings. The van der Waals surface area contributed by atoms with Crippen molar-refractivity contribution in [1.29, 1.82) is 0 Å². The van der Waals surface area contributed by atoms with Crippen molar-refractivity contribution in [2.75, 3.05) is 46.9 Å². The third kappa shape index (κ3) is 6.23. The van der Waals surface area contributed by atoms with E-state index in [-0.39, 0.29) is 0 Å². The summed E-state index contributed by atoms with van der Waals surface area (Å²) >= 11 is 8.80. The van der Waals surface area contributed by atoms with Crippen molar-refractivity contribution >= 4 is 83.8 Å². The standard InChI is InChI=1S/C30H36ClIN6O/c1-4-33-30(34-11-5-13-38(2)3)35-12-6-14-39-29-27-23(21-15-19(18-32)7-9-25(21)36-27)17-24-22-16-20(31)8-10-26(22)37-28(24)29/h7-10,15-17,36-37H,4-6,11-14,18H2,1-3H3,(H2,33,34,35). The van der Waals surface area contributed by atoms with Crippen LogP contribution in [0.5, 0.6) is 5.75 Å². The molecule has 0 spiro atoms. The molecule has 2 aromatic heterocycles. The van der Waals surface area contributed by atoms with Crippen LogP contribution in [0.4, 0.5) is 0 Å². The first-order chi connectivity index (χ1) is 19.0. The number of aliphatic imine (C=N–C) groups is 1. The number of H-pyrrole nitrogens is 2. The number of guanidine groups is 1. The summed E-state index contributed by atoms with van der Waals surface area (Å²) in [7, 11) is 4.19. The lowest BCUT2D eigenvalue weighted by molar-refractivity contribution is 0.319. The Morgan fingerprint density at radius 2 is 1.67 bits per heavy atom. The summed E-state index contributed by atoms with van der Waals surface area (Å²) in [5, 5.41) is 12.1. The number of aromatic nitrogens is 2. The Labute approximate surface area is 247 Å². The molecule has 4 N–H and O–H groups in total. The van der Waals surface area contributed by atoms with Crippen molar-refractivity contribution in [1.82, 2.24) is 25.5 Å². The number of halogens is 2. The van der Waals surface area contributed by atoms with Gasteiger partial charge in [-0.15, -0.1) is 0 Å². The zero-order valence-electron chi connectivity index (χ0n) is 22.8. The van der Waals surface area contributed by atoms with Crippen molar-refractivity contribution in [3.05, 3.63) is 53.1 Å². The number of aromatic amines is 2. The van der Waals surface area contributed by atoms with Gasteiger partial charge in [0.15, 0.2) is 11.7 Å². The molecule has 0 fully saturated rings. The molecule has 0 amide bonds. The topological polar surface area (TPSA) is 80.5 Å². The number of nitrogens with zero attached hydrogens (tertiary/aromatic N) is 2. The zero-order valence-corrected chi connectivity index (χ0v) is 25.7. The molecule has 0 atom stereocenters. The smallest absolute Gasteiger partial charge is 0.191 e. The van der Waals surface area contributed by atoms with Crippen molar-refractivity contribution in [3.8, 4) is 5.75 Å². The second-order valence-electron chi connectivity index (χ2n) is 10.1. The number of ether oxygens (including phenoxy) is 1. The van der Waals surface area contributed by atoms with Crippen molar-refractivity contribution in [2.45, 2.75) is 24.2 Å². The van der Waals surface area contributed by atoms with E-state index in [1.807, 2.05) is 18.2 Å². The predicted octanol–water partition coefficient (Wildman–Crippen LogP) is 6.82. The van der Waals surface area contributed by atoms with Gasteiger partial charge in [0.25, 0.3) is 0 Å². The number of benzene rings is 3. The van der Waals surface area contributed by atoms with E-state index in [9.17, 15) is 0 Å². The molecule has 2 heterocycles. The number of alkyl halides is 1. The van der Waals surface area contributed by atoms with Gasteiger partial charge in [0.05, 0.1) is 17.6 Å². The first-order valence-electron chi connectivity index (χ1n) is 13.5. The van der Waals surface area contributed by atoms with Gasteiger partial charge in [0.2, 0.25) is 0 Å². The molecule has 0 radical (unpaired) electrons. The van der Waals surface area contributed by atoms with Gasteiger partial charge in [-0.1, -0.05) is 40.3 Å². The van der Waals surface area contributed by atoms with Crippen LogP contribution < -0.4 is 15.4 Å². The third-order valence-corrected chi connectivity index (χ3v) is 7.95. The molecule has 0 bridgehead atoms. The van der Waals surface area contributed by atoms with Gasteiger partial charge in [-0.2, -0.15) is 0 Å². The maximum atomic E-state index is 6.53. The fourth-order valence-electron chi connectivity index (χ4n) is 4.97. The van der Waals surface area contributed by atoms with Gasteiger partial charge in [0, 0.05) is 68.1 Å². The summed E-state index contributed by atoms with van der Waals surface area (Å²) in [5.74, 6) is 1.70. The third-order valence-electron chi connectivity index (χ3n) is 6.84. The molecule has 39 heavy (non-hydrogen) atoms. The highest BCUT2D eigenvalue weighted by atomic mass is 127. The van der Waals surface area contributed by atoms with Crippen LogP contribution in [0, 0.1) is 0 Å². The van der Waals surface area contributed by atoms with Crippen LogP contribution in [0.2, 0.25) is 5.02 Å². The molecule has 9 heteroatoms. The monoisotopic (exact) mass is 658 g/mol. The van der Waals surface area contributed by atoms with Crippen LogP contribution in [0.25, 0.3) is 43.6 Å². The summed E-state index contributed by atoms with van der Waals surface area (Å²) in [6, 6.07) is 14.9. The average molecular weight is 659 g/mol. The fourth-order valence-corrected chi connectivity index (χ4v) is 5.62. The highest BCUT2D eigenvalue weighted by Gasteiger charge is 2.18. The first kappa shape index (κ1) is 27.9. The van der Waals surface area contributed by atoms with Crippen LogP contribution in [0.3, 0.4) is 0 Å². The van der Waals surface area contributed by atoms with Crippen molar-refractivity contribution in [3.63, 3.8) is 0 Å². The number of fused-ring (bicyclic) bond motifs is 6. The van der Waals surface area contributed by atoms with E-state index in [2.05, 4.69) is 93.4 Å². The van der Waals surface area contributed by atoms with E-state index in [4.69, 9.17) is 21.3 Å². The van der Waals surface area contributed by atoms with Crippen LogP contribution in [0.15, 0.2) is 47.5 Å². The Morgan fingerprint density at radius 3 is 2.36 bits per heavy atom. The van der Waals surface area contributed by atoms with Crippen LogP contribution >= 0.6 is 34.2 Å². The Kier molecular flexibility index (Phi) is 9.04. The second kappa shape index (κ2) is 12.7. The van der Waals surface area contributed by atoms with Crippen LogP contribution in [0.1, 0.15) is 25.3 Å². The predicted molar refractivity (Wildman–Crippen MR) is 175 cm³/mol. The van der Waals surface area contributed by atoms with Crippen molar-refractivity contribution in [2.24, 2.45) is 4.99 Å². The summed E-state index contributed by atoms with van der Waals surface area (Å²) in [6.45, 7) is 6.10. The molecule has 0 aliphatic carbocycles. The Balaban J connectivity index is 1.41. The summed E-state index contributed by atoms with van der Waals surface area (Å²) < 4.78 is 7.50. The summed E-state index contributed by atoms with van der Waals surface area (Å²) in [5.41, 5.74) is 5.46. The minimum absolute atomic E-state index is 0.558. The zero-order chi connectivity index (χ0) is 27.4. The SMILES string of the molecule is CCNC(=NCCCOc1c2[nH]c3ccc(Cl)cc3c2cc2c1[nH]c1ccc(CI)cc12)NCCCN(C)C. The van der Waals surface area contributed by atoms with E-state index < -0.39 is 0 Å². The van der Waals surface area contributed by atoms with Gasteiger partial charge in [-0.25, -0.2) is 0 Å². The van der Waals surface area contributed by atoms with E-state index in [1.54, 1.807) is 0 Å². The second-order valence-corrected chi connectivity index (χ2v) is 11.2. The normalized spacial score (nSPS) is 12.4. The average Bonchev–Trinajstić information content (AvgIpc) is 3.47. The lowest BCUT2D eigenvalue weighted by atomic mass is 10.1. The molecule has 0 saturated heterocycles. The maximum absolute atomic E-state index is 6.53. The van der Waals surface area contributed by atoms with Crippen molar-refractivity contribution < 1.29 is 4.74 Å². The molecule has 5 aromatic rings. The molecule has 206 valence electrons. The molecule has 3 aromatic carbocycles. The minimum atomic E-state index is 0.558. The quantitative estimate of drug-likeness (QED) is 0.0413. The molecule has 0 aliphatic heterocycles. The van der Waals surface area contributed by atoms with Gasteiger partial charge >= 0.3 is 0 Å². The largest absolute Gasteiger partial charge is 0.489 e. The van der Waals surface area contributed by atoms with Crippen LogP contribution in [-0.4, -0.2) is 67.7 Å². The Morgan fingerprint density at radius 1 is 0.949 bits per heavy atom. The minimum Gasteiger partial charge on any atom is -0.489 e. The van der Waals surface area contributed by atoms with Gasteiger partial charge < -0.3 is 30.2 Å². The molecular formula is C30H36ClIN6O. The number of nitrogens with one attached hydrogen (secondary N) is 4. The number of rotatable bonds is 11. The molecular weight excluding hydrogens is 623 g/mol. The lowest BCUT2D eigenvalue weighted by Crippen LogP contribution is -2.38. The first-order valence-corrected chi connectivity index (χ1v) is 15.4. The van der Waals surface area contributed by atoms with E-state index >= 15 is 0 Å². The summed E-state index contributed by atoms with van der Waals surface area (Å²) in [6.07, 6.45) is 1.87. The Bertz CT molecular complexity index is 1620. The number of hydrogen-bond donors (Lipinski definition) is 4. The van der Waals surface area contributed by atoms with Crippen LogP contribution in [-0.2, 0) is 4.43 Å². The summed E-state index contributed by atoms with van der Waals surface area (Å²) in [4.78, 5) is 14.2. The Hall–Kier alpha value is -2.69. The highest BCUT2D eigenvalue weighted by Crippen LogP contribution is 2.41. The van der Waals surface area contributed by atoms with Gasteiger partial charge in [-0.3, -0.25) is 4.99 Å². The van der Waals surface area contributed by atoms with Gasteiger partial charge in [0.1, 0.15) is 0 Å². The van der Waals surface area contributed by atoms with E-state index in [1.165, 1.54) is 10.9 Å². The van der Waals surface area contributed by atoms with E-state index in [0.717, 1.165) is 91.9 Å². The maximum Gasteiger partial charge on any atom is 0.191 e. The molecule has 7 nitrogen and oxygen atoms in total. The highest BCUT2D eigenvalue weighted by molar-refractivity contribution is 14.1. The number of hydrogen-bond acceptors (Lipinski definition) is 3.